The van der Waals surface area contributed by atoms with E-state index in [9.17, 15) is 0 Å². The predicted octanol–water partition coefficient (Wildman–Crippen LogP) is 4.85. The van der Waals surface area contributed by atoms with Gasteiger partial charge in [0.15, 0.2) is 11.6 Å². The first-order valence-electron chi connectivity index (χ1n) is 9.32. The highest BCUT2D eigenvalue weighted by Gasteiger charge is 2.21. The fourth-order valence-corrected chi connectivity index (χ4v) is 3.51. The quantitative estimate of drug-likeness (QED) is 0.454. The third-order valence-electron chi connectivity index (χ3n) is 4.96. The zero-order valence-electron chi connectivity index (χ0n) is 17.2. The van der Waals surface area contributed by atoms with Crippen molar-refractivity contribution in [1.29, 1.82) is 0 Å². The normalized spacial score (nSPS) is 11.9. The molecule has 2 N–H and O–H groups in total. The highest BCUT2D eigenvalue weighted by molar-refractivity contribution is 5.86. The molecule has 0 bridgehead atoms. The molecule has 8 heteroatoms. The smallest absolute Gasteiger partial charge is 0.196 e. The van der Waals surface area contributed by atoms with Crippen LogP contribution in [0.2, 0.25) is 0 Å². The summed E-state index contributed by atoms with van der Waals surface area (Å²) in [5.41, 5.74) is 8.48. The van der Waals surface area contributed by atoms with Crippen LogP contribution in [-0.2, 0) is 0 Å². The van der Waals surface area contributed by atoms with Crippen LogP contribution in [0.25, 0.3) is 33.5 Å². The van der Waals surface area contributed by atoms with Gasteiger partial charge in [0.2, 0.25) is 0 Å². The van der Waals surface area contributed by atoms with Crippen molar-refractivity contribution in [3.8, 4) is 17.3 Å². The molecule has 1 atom stereocenters. The fraction of sp³-hybridized carbons (Fsp3) is 0.273. The Morgan fingerprint density at radius 2 is 1.83 bits per heavy atom. The first-order chi connectivity index (χ1) is 13.6. The van der Waals surface area contributed by atoms with Crippen molar-refractivity contribution in [2.45, 2.75) is 12.5 Å². The van der Waals surface area contributed by atoms with Crippen LogP contribution >= 0.6 is 24.8 Å². The van der Waals surface area contributed by atoms with Gasteiger partial charge in [-0.25, -0.2) is 9.97 Å². The van der Waals surface area contributed by atoms with Gasteiger partial charge in [-0.05, 0) is 51.3 Å². The van der Waals surface area contributed by atoms with E-state index in [2.05, 4.69) is 11.0 Å². The van der Waals surface area contributed by atoms with Crippen LogP contribution in [0.1, 0.15) is 18.2 Å². The van der Waals surface area contributed by atoms with Crippen molar-refractivity contribution in [3.05, 3.63) is 54.2 Å². The number of benzene rings is 2. The molecule has 0 saturated carbocycles. The summed E-state index contributed by atoms with van der Waals surface area (Å²) in [6.07, 6.45) is 0.810. The summed E-state index contributed by atoms with van der Waals surface area (Å²) >= 11 is 0. The molecule has 4 rings (SSSR count). The van der Waals surface area contributed by atoms with Gasteiger partial charge in [-0.2, -0.15) is 0 Å². The monoisotopic (exact) mass is 448 g/mol. The highest BCUT2D eigenvalue weighted by Crippen LogP contribution is 2.32. The molecule has 1 unspecified atom stereocenters. The van der Waals surface area contributed by atoms with Crippen molar-refractivity contribution in [2.24, 2.45) is 5.73 Å². The molecule has 6 nitrogen and oxygen atoms in total. The number of nitrogens with two attached hydrogens (primary N) is 1. The van der Waals surface area contributed by atoms with E-state index in [1.165, 1.54) is 0 Å². The third kappa shape index (κ3) is 4.52. The Labute approximate surface area is 188 Å². The van der Waals surface area contributed by atoms with Crippen molar-refractivity contribution < 1.29 is 9.15 Å². The lowest BCUT2D eigenvalue weighted by atomic mass is 10.0. The average Bonchev–Trinajstić information content (AvgIpc) is 3.14. The first-order valence-corrected chi connectivity index (χ1v) is 9.32. The minimum absolute atomic E-state index is 0. The maximum atomic E-state index is 6.06. The SMILES string of the molecule is COc1ccc2cc(-c3nc(C(CCN)N(C)C)c4ccccc4n3)oc2c1.Cl.Cl. The third-order valence-corrected chi connectivity index (χ3v) is 4.96. The van der Waals surface area contributed by atoms with Gasteiger partial charge in [0.1, 0.15) is 11.3 Å². The van der Waals surface area contributed by atoms with Crippen LogP contribution in [0, 0.1) is 0 Å². The summed E-state index contributed by atoms with van der Waals surface area (Å²) in [7, 11) is 5.73. The molecule has 4 aromatic rings. The van der Waals surface area contributed by atoms with Crippen molar-refractivity contribution >= 4 is 46.7 Å². The number of hydrogen-bond donors (Lipinski definition) is 1. The predicted molar refractivity (Wildman–Crippen MR) is 126 cm³/mol. The Hall–Kier alpha value is -2.38. The zero-order chi connectivity index (χ0) is 19.7. The van der Waals surface area contributed by atoms with E-state index < -0.39 is 0 Å². The van der Waals surface area contributed by atoms with Crippen LogP contribution in [0.15, 0.2) is 52.9 Å². The van der Waals surface area contributed by atoms with Gasteiger partial charge in [-0.3, -0.25) is 0 Å². The van der Waals surface area contributed by atoms with Gasteiger partial charge in [0.05, 0.1) is 24.4 Å². The minimum atomic E-state index is 0. The molecule has 2 heterocycles. The van der Waals surface area contributed by atoms with E-state index >= 15 is 0 Å². The number of methoxy groups -OCH3 is 1. The molecular weight excluding hydrogens is 423 g/mol. The van der Waals surface area contributed by atoms with Gasteiger partial charge >= 0.3 is 0 Å². The lowest BCUT2D eigenvalue weighted by Crippen LogP contribution is -2.24. The first kappa shape index (κ1) is 23.9. The molecule has 0 aliphatic carbocycles. The van der Waals surface area contributed by atoms with Crippen molar-refractivity contribution in [3.63, 3.8) is 0 Å². The summed E-state index contributed by atoms with van der Waals surface area (Å²) in [4.78, 5) is 11.8. The maximum absolute atomic E-state index is 6.06. The Morgan fingerprint density at radius 1 is 1.07 bits per heavy atom. The number of rotatable bonds is 6. The lowest BCUT2D eigenvalue weighted by molar-refractivity contribution is 0.283. The van der Waals surface area contributed by atoms with Gasteiger partial charge < -0.3 is 19.8 Å². The Morgan fingerprint density at radius 3 is 2.53 bits per heavy atom. The van der Waals surface area contributed by atoms with Crippen LogP contribution in [-0.4, -0.2) is 42.6 Å². The second-order valence-corrected chi connectivity index (χ2v) is 7.02. The number of halogens is 2. The molecule has 0 spiro atoms. The van der Waals surface area contributed by atoms with Crippen molar-refractivity contribution in [2.75, 3.05) is 27.7 Å². The fourth-order valence-electron chi connectivity index (χ4n) is 3.51. The Bertz CT molecular complexity index is 1130. The maximum Gasteiger partial charge on any atom is 0.196 e. The number of nitrogens with zero attached hydrogens (tertiary/aromatic N) is 3. The van der Waals surface area contributed by atoms with E-state index in [1.807, 2.05) is 56.6 Å². The Balaban J connectivity index is 0.00000160. The molecule has 0 fully saturated rings. The summed E-state index contributed by atoms with van der Waals surface area (Å²) in [6, 6.07) is 15.9. The van der Waals surface area contributed by atoms with Crippen LogP contribution < -0.4 is 10.5 Å². The standard InChI is InChI=1S/C22H24N4O2.2ClH/c1-26(2)18(10-11-23)21-16-6-4-5-7-17(16)24-22(25-21)20-12-14-8-9-15(27-3)13-19(14)28-20;;/h4-9,12-13,18H,10-11,23H2,1-3H3;2*1H. The van der Waals surface area contributed by atoms with Crippen LogP contribution in [0.3, 0.4) is 0 Å². The van der Waals surface area contributed by atoms with Crippen molar-refractivity contribution in [1.82, 2.24) is 14.9 Å². The van der Waals surface area contributed by atoms with Gasteiger partial charge in [-0.1, -0.05) is 18.2 Å². The molecule has 30 heavy (non-hydrogen) atoms. The molecule has 2 aromatic carbocycles. The lowest BCUT2D eigenvalue weighted by Gasteiger charge is -2.24. The van der Waals surface area contributed by atoms with Gasteiger partial charge in [0, 0.05) is 16.8 Å². The zero-order valence-corrected chi connectivity index (χ0v) is 18.8. The Kier molecular flexibility index (Phi) is 8.03. The highest BCUT2D eigenvalue weighted by atomic mass is 35.5. The van der Waals surface area contributed by atoms with Gasteiger partial charge in [0.25, 0.3) is 0 Å². The van der Waals surface area contributed by atoms with E-state index in [0.717, 1.165) is 39.7 Å². The molecule has 0 amide bonds. The molecule has 0 aliphatic rings. The molecule has 160 valence electrons. The van der Waals surface area contributed by atoms with Crippen LogP contribution in [0.4, 0.5) is 0 Å². The van der Waals surface area contributed by atoms with Gasteiger partial charge in [-0.15, -0.1) is 24.8 Å². The summed E-state index contributed by atoms with van der Waals surface area (Å²) in [6.45, 7) is 0.584. The van der Waals surface area contributed by atoms with Crippen LogP contribution in [0.5, 0.6) is 5.75 Å². The second kappa shape index (κ2) is 10.1. The molecule has 0 radical (unpaired) electrons. The van der Waals surface area contributed by atoms with E-state index in [4.69, 9.17) is 24.9 Å². The summed E-state index contributed by atoms with van der Waals surface area (Å²) in [5.74, 6) is 1.97. The number of hydrogen-bond acceptors (Lipinski definition) is 6. The topological polar surface area (TPSA) is 77.4 Å². The molecular formula is C22H26Cl2N4O2. The number of furan rings is 1. The largest absolute Gasteiger partial charge is 0.497 e. The average molecular weight is 449 g/mol. The molecule has 0 saturated heterocycles. The number of para-hydroxylation sites is 1. The number of fused-ring (bicyclic) bond motifs is 2. The number of ether oxygens (including phenoxy) is 1. The summed E-state index contributed by atoms with van der Waals surface area (Å²) < 4.78 is 11.3. The van der Waals surface area contributed by atoms with E-state index in [0.29, 0.717) is 18.1 Å². The summed E-state index contributed by atoms with van der Waals surface area (Å²) in [5, 5.41) is 2.02. The molecule has 0 aliphatic heterocycles. The van der Waals surface area contributed by atoms with E-state index in [1.54, 1.807) is 7.11 Å². The number of aromatic nitrogens is 2. The molecule has 2 aromatic heterocycles. The van der Waals surface area contributed by atoms with E-state index in [-0.39, 0.29) is 30.9 Å². The minimum Gasteiger partial charge on any atom is -0.497 e. The second-order valence-electron chi connectivity index (χ2n) is 7.02.